The van der Waals surface area contributed by atoms with Gasteiger partial charge in [-0.1, -0.05) is 17.8 Å². The second kappa shape index (κ2) is 5.65. The summed E-state index contributed by atoms with van der Waals surface area (Å²) in [6.45, 7) is 3.67. The first kappa shape index (κ1) is 11.0. The number of carbonyl (C=O) groups is 1. The number of hydrogen-bond acceptors (Lipinski definition) is 4. The van der Waals surface area contributed by atoms with Crippen LogP contribution < -0.4 is 0 Å². The zero-order chi connectivity index (χ0) is 10.4. The van der Waals surface area contributed by atoms with E-state index >= 15 is 0 Å². The highest BCUT2D eigenvalue weighted by molar-refractivity contribution is 7.99. The van der Waals surface area contributed by atoms with Crippen LogP contribution in [0.1, 0.15) is 13.8 Å². The van der Waals surface area contributed by atoms with Gasteiger partial charge in [0, 0.05) is 6.20 Å². The molecule has 0 saturated carbocycles. The van der Waals surface area contributed by atoms with Crippen molar-refractivity contribution >= 4 is 17.7 Å². The molecular weight excluding hydrogens is 198 g/mol. The number of nitrogens with zero attached hydrogens (tertiary/aromatic N) is 1. The SMILES string of the molecule is CC(C)OC(=O)CSc1ccccn1. The van der Waals surface area contributed by atoms with Gasteiger partial charge >= 0.3 is 5.97 Å². The molecule has 0 aromatic carbocycles. The highest BCUT2D eigenvalue weighted by Gasteiger charge is 2.06. The van der Waals surface area contributed by atoms with Crippen molar-refractivity contribution in [2.24, 2.45) is 0 Å². The van der Waals surface area contributed by atoms with Crippen LogP contribution in [-0.4, -0.2) is 22.8 Å². The van der Waals surface area contributed by atoms with Crippen molar-refractivity contribution in [1.82, 2.24) is 4.98 Å². The summed E-state index contributed by atoms with van der Waals surface area (Å²) in [6.07, 6.45) is 1.66. The summed E-state index contributed by atoms with van der Waals surface area (Å²) in [6, 6.07) is 5.60. The van der Waals surface area contributed by atoms with Crippen LogP contribution in [0, 0.1) is 0 Å². The Balaban J connectivity index is 2.31. The number of carbonyl (C=O) groups excluding carboxylic acids is 1. The van der Waals surface area contributed by atoms with E-state index in [2.05, 4.69) is 4.98 Å². The summed E-state index contributed by atoms with van der Waals surface area (Å²) >= 11 is 1.38. The predicted molar refractivity (Wildman–Crippen MR) is 56.2 cm³/mol. The van der Waals surface area contributed by atoms with E-state index in [-0.39, 0.29) is 12.1 Å². The smallest absolute Gasteiger partial charge is 0.316 e. The highest BCUT2D eigenvalue weighted by Crippen LogP contribution is 2.13. The lowest BCUT2D eigenvalue weighted by Gasteiger charge is -2.06. The third kappa shape index (κ3) is 4.28. The highest BCUT2D eigenvalue weighted by atomic mass is 32.2. The Morgan fingerprint density at radius 3 is 2.93 bits per heavy atom. The molecule has 0 spiro atoms. The van der Waals surface area contributed by atoms with Gasteiger partial charge in [0.1, 0.15) is 0 Å². The maximum absolute atomic E-state index is 11.2. The molecule has 1 aromatic heterocycles. The lowest BCUT2D eigenvalue weighted by Crippen LogP contribution is -2.13. The summed E-state index contributed by atoms with van der Waals surface area (Å²) in [5, 5.41) is 0.841. The minimum absolute atomic E-state index is 0.0492. The Morgan fingerprint density at radius 1 is 1.57 bits per heavy atom. The van der Waals surface area contributed by atoms with E-state index < -0.39 is 0 Å². The van der Waals surface area contributed by atoms with Crippen LogP contribution in [0.15, 0.2) is 29.4 Å². The Labute approximate surface area is 87.9 Å². The molecule has 0 aliphatic carbocycles. The maximum atomic E-state index is 11.2. The molecular formula is C10H13NO2S. The summed E-state index contributed by atoms with van der Waals surface area (Å²) in [5.74, 6) is 0.116. The van der Waals surface area contributed by atoms with Crippen LogP contribution in [0.25, 0.3) is 0 Å². The van der Waals surface area contributed by atoms with Gasteiger partial charge in [0.05, 0.1) is 16.9 Å². The summed E-state index contributed by atoms with van der Waals surface area (Å²) in [5.41, 5.74) is 0. The fraction of sp³-hybridized carbons (Fsp3) is 0.400. The third-order valence-electron chi connectivity index (χ3n) is 1.34. The van der Waals surface area contributed by atoms with Crippen molar-refractivity contribution in [3.63, 3.8) is 0 Å². The Kier molecular flexibility index (Phi) is 4.46. The van der Waals surface area contributed by atoms with Crippen LogP contribution in [-0.2, 0) is 9.53 Å². The largest absolute Gasteiger partial charge is 0.462 e. The van der Waals surface area contributed by atoms with Crippen LogP contribution in [0.3, 0.4) is 0 Å². The fourth-order valence-corrected chi connectivity index (χ4v) is 1.51. The first-order valence-corrected chi connectivity index (χ1v) is 5.40. The van der Waals surface area contributed by atoms with Gasteiger partial charge in [-0.05, 0) is 26.0 Å². The van der Waals surface area contributed by atoms with Gasteiger partial charge in [-0.3, -0.25) is 4.79 Å². The van der Waals surface area contributed by atoms with E-state index in [0.717, 1.165) is 5.03 Å². The average Bonchev–Trinajstić information content (AvgIpc) is 2.15. The van der Waals surface area contributed by atoms with Crippen LogP contribution in [0.5, 0.6) is 0 Å². The molecule has 3 nitrogen and oxygen atoms in total. The quantitative estimate of drug-likeness (QED) is 0.565. The lowest BCUT2D eigenvalue weighted by molar-refractivity contribution is -0.144. The van der Waals surface area contributed by atoms with Crippen LogP contribution in [0.4, 0.5) is 0 Å². The lowest BCUT2D eigenvalue weighted by atomic mass is 10.5. The zero-order valence-corrected chi connectivity index (χ0v) is 9.08. The Morgan fingerprint density at radius 2 is 2.36 bits per heavy atom. The van der Waals surface area contributed by atoms with Crippen molar-refractivity contribution < 1.29 is 9.53 Å². The van der Waals surface area contributed by atoms with Crippen molar-refractivity contribution in [1.29, 1.82) is 0 Å². The van der Waals surface area contributed by atoms with Crippen molar-refractivity contribution in [3.8, 4) is 0 Å². The molecule has 0 radical (unpaired) electrons. The molecule has 4 heteroatoms. The molecule has 1 aromatic rings. The first-order chi connectivity index (χ1) is 6.68. The van der Waals surface area contributed by atoms with Gasteiger partial charge in [0.15, 0.2) is 0 Å². The molecule has 0 amide bonds. The monoisotopic (exact) mass is 211 g/mol. The second-order valence-corrected chi connectivity index (χ2v) is 3.99. The summed E-state index contributed by atoms with van der Waals surface area (Å²) in [7, 11) is 0. The number of rotatable bonds is 4. The molecule has 0 fully saturated rings. The number of hydrogen-bond donors (Lipinski definition) is 0. The topological polar surface area (TPSA) is 39.2 Å². The fourth-order valence-electron chi connectivity index (χ4n) is 0.862. The molecule has 0 aliphatic rings. The molecule has 0 aliphatic heterocycles. The molecule has 0 saturated heterocycles. The van der Waals surface area contributed by atoms with Gasteiger partial charge in [-0.2, -0.15) is 0 Å². The number of pyridine rings is 1. The van der Waals surface area contributed by atoms with Crippen molar-refractivity contribution in [3.05, 3.63) is 24.4 Å². The summed E-state index contributed by atoms with van der Waals surface area (Å²) in [4.78, 5) is 15.2. The second-order valence-electron chi connectivity index (χ2n) is 3.00. The first-order valence-electron chi connectivity index (χ1n) is 4.42. The molecule has 76 valence electrons. The normalized spacial score (nSPS) is 10.2. The molecule has 0 atom stereocenters. The summed E-state index contributed by atoms with van der Waals surface area (Å²) < 4.78 is 4.98. The third-order valence-corrected chi connectivity index (χ3v) is 2.26. The minimum Gasteiger partial charge on any atom is -0.462 e. The average molecular weight is 211 g/mol. The number of esters is 1. The zero-order valence-electron chi connectivity index (χ0n) is 8.27. The van der Waals surface area contributed by atoms with Crippen LogP contribution in [0.2, 0.25) is 0 Å². The number of ether oxygens (including phenoxy) is 1. The maximum Gasteiger partial charge on any atom is 0.316 e. The van der Waals surface area contributed by atoms with E-state index in [1.807, 2.05) is 32.0 Å². The molecule has 14 heavy (non-hydrogen) atoms. The van der Waals surface area contributed by atoms with E-state index in [4.69, 9.17) is 4.74 Å². The Hall–Kier alpha value is -1.03. The van der Waals surface area contributed by atoms with E-state index in [9.17, 15) is 4.79 Å². The van der Waals surface area contributed by atoms with E-state index in [1.54, 1.807) is 6.20 Å². The standard InChI is InChI=1S/C10H13NO2S/c1-8(2)13-10(12)7-14-9-5-3-4-6-11-9/h3-6,8H,7H2,1-2H3. The van der Waals surface area contributed by atoms with Crippen molar-refractivity contribution in [2.45, 2.75) is 25.0 Å². The molecule has 1 rings (SSSR count). The predicted octanol–water partition coefficient (Wildman–Crippen LogP) is 2.13. The minimum atomic E-state index is -0.198. The van der Waals surface area contributed by atoms with Gasteiger partial charge in [-0.25, -0.2) is 4.98 Å². The van der Waals surface area contributed by atoms with Gasteiger partial charge in [-0.15, -0.1) is 0 Å². The van der Waals surface area contributed by atoms with Crippen molar-refractivity contribution in [2.75, 3.05) is 5.75 Å². The van der Waals surface area contributed by atoms with Gasteiger partial charge in [0.25, 0.3) is 0 Å². The molecule has 0 unspecified atom stereocenters. The van der Waals surface area contributed by atoms with E-state index in [1.165, 1.54) is 11.8 Å². The molecule has 0 bridgehead atoms. The van der Waals surface area contributed by atoms with Gasteiger partial charge < -0.3 is 4.74 Å². The number of thioether (sulfide) groups is 1. The van der Waals surface area contributed by atoms with E-state index in [0.29, 0.717) is 5.75 Å². The Bertz CT molecular complexity index is 287. The molecule has 1 heterocycles. The number of aromatic nitrogens is 1. The molecule has 0 N–H and O–H groups in total. The van der Waals surface area contributed by atoms with Crippen LogP contribution >= 0.6 is 11.8 Å². The van der Waals surface area contributed by atoms with Gasteiger partial charge in [0.2, 0.25) is 0 Å².